The lowest BCUT2D eigenvalue weighted by atomic mass is 10.2. The summed E-state index contributed by atoms with van der Waals surface area (Å²) in [7, 11) is 0. The molecule has 4 N–H and O–H groups in total. The first-order chi connectivity index (χ1) is 9.16. The summed E-state index contributed by atoms with van der Waals surface area (Å²) in [5.41, 5.74) is 12.5. The second-order valence-corrected chi connectivity index (χ2v) is 3.69. The number of aromatic nitrogens is 1. The zero-order valence-corrected chi connectivity index (χ0v) is 9.99. The van der Waals surface area contributed by atoms with E-state index in [4.69, 9.17) is 11.5 Å². The van der Waals surface area contributed by atoms with Gasteiger partial charge >= 0.3 is 0 Å². The number of halogens is 1. The smallest absolute Gasteiger partial charge is 0.172 e. The Balaban J connectivity index is 2.20. The van der Waals surface area contributed by atoms with Gasteiger partial charge < -0.3 is 11.5 Å². The summed E-state index contributed by atoms with van der Waals surface area (Å²) in [6.45, 7) is 0. The zero-order valence-electron chi connectivity index (χ0n) is 9.99. The van der Waals surface area contributed by atoms with Crippen LogP contribution in [0, 0.1) is 5.82 Å². The summed E-state index contributed by atoms with van der Waals surface area (Å²) >= 11 is 0. The number of nitrogens with two attached hydrogens (primary N) is 2. The minimum absolute atomic E-state index is 0.152. The predicted molar refractivity (Wildman–Crippen MR) is 72.1 cm³/mol. The van der Waals surface area contributed by atoms with E-state index < -0.39 is 0 Å². The van der Waals surface area contributed by atoms with E-state index in [0.29, 0.717) is 11.3 Å². The molecule has 0 saturated heterocycles. The Morgan fingerprint density at radius 1 is 0.947 bits per heavy atom. The lowest BCUT2D eigenvalue weighted by molar-refractivity contribution is 0.628. The fraction of sp³-hybridized carbons (Fsp3) is 0. The SMILES string of the molecule is N/C(=N\N=C(/N)c1ccccn1)c1ccc(F)cc1. The molecule has 0 bridgehead atoms. The molecule has 0 aliphatic rings. The second-order valence-electron chi connectivity index (χ2n) is 3.69. The molecule has 0 unspecified atom stereocenters. The molecule has 2 rings (SSSR count). The van der Waals surface area contributed by atoms with Crippen molar-refractivity contribution in [3.63, 3.8) is 0 Å². The molecule has 1 aromatic carbocycles. The van der Waals surface area contributed by atoms with E-state index in [1.165, 1.54) is 24.3 Å². The van der Waals surface area contributed by atoms with Crippen LogP contribution in [-0.2, 0) is 0 Å². The van der Waals surface area contributed by atoms with Crippen LogP contribution in [0.2, 0.25) is 0 Å². The van der Waals surface area contributed by atoms with E-state index in [-0.39, 0.29) is 17.5 Å². The third-order valence-corrected chi connectivity index (χ3v) is 2.33. The lowest BCUT2D eigenvalue weighted by Crippen LogP contribution is -2.17. The fourth-order valence-electron chi connectivity index (χ4n) is 1.35. The van der Waals surface area contributed by atoms with Gasteiger partial charge in [-0.15, -0.1) is 10.2 Å². The van der Waals surface area contributed by atoms with E-state index in [9.17, 15) is 4.39 Å². The van der Waals surface area contributed by atoms with Crippen molar-refractivity contribution in [1.82, 2.24) is 4.98 Å². The standard InChI is InChI=1S/C13H12FN5/c14-10-6-4-9(5-7-10)12(15)18-19-13(16)11-3-1-2-8-17-11/h1-8H,(H2,15,18)(H2,16,19). The zero-order chi connectivity index (χ0) is 13.7. The molecule has 19 heavy (non-hydrogen) atoms. The van der Waals surface area contributed by atoms with Gasteiger partial charge in [-0.3, -0.25) is 4.98 Å². The van der Waals surface area contributed by atoms with Gasteiger partial charge in [-0.05, 0) is 36.4 Å². The molecule has 2 aromatic rings. The molecule has 0 aliphatic heterocycles. The molecule has 96 valence electrons. The van der Waals surface area contributed by atoms with Crippen molar-refractivity contribution in [3.8, 4) is 0 Å². The Bertz CT molecular complexity index is 605. The predicted octanol–water partition coefficient (Wildman–Crippen LogP) is 1.25. The van der Waals surface area contributed by atoms with Crippen LogP contribution in [0.1, 0.15) is 11.3 Å². The highest BCUT2D eigenvalue weighted by molar-refractivity contribution is 5.99. The van der Waals surface area contributed by atoms with E-state index in [2.05, 4.69) is 15.2 Å². The average molecular weight is 257 g/mol. The van der Waals surface area contributed by atoms with Gasteiger partial charge in [-0.1, -0.05) is 6.07 Å². The van der Waals surface area contributed by atoms with E-state index in [1.54, 1.807) is 24.4 Å². The van der Waals surface area contributed by atoms with Gasteiger partial charge in [0.2, 0.25) is 0 Å². The summed E-state index contributed by atoms with van der Waals surface area (Å²) in [4.78, 5) is 4.03. The van der Waals surface area contributed by atoms with Gasteiger partial charge in [0.05, 0.1) is 0 Å². The lowest BCUT2D eigenvalue weighted by Gasteiger charge is -1.99. The summed E-state index contributed by atoms with van der Waals surface area (Å²) in [5, 5.41) is 7.59. The number of nitrogens with zero attached hydrogens (tertiary/aromatic N) is 3. The van der Waals surface area contributed by atoms with Gasteiger partial charge in [0.1, 0.15) is 11.5 Å². The number of hydrogen-bond donors (Lipinski definition) is 2. The topological polar surface area (TPSA) is 89.6 Å². The molecular weight excluding hydrogens is 245 g/mol. The van der Waals surface area contributed by atoms with Crippen molar-refractivity contribution in [3.05, 3.63) is 65.7 Å². The van der Waals surface area contributed by atoms with Crippen LogP contribution in [-0.4, -0.2) is 16.7 Å². The highest BCUT2D eigenvalue weighted by atomic mass is 19.1. The third-order valence-electron chi connectivity index (χ3n) is 2.33. The van der Waals surface area contributed by atoms with Gasteiger partial charge in [0.15, 0.2) is 11.7 Å². The van der Waals surface area contributed by atoms with Gasteiger partial charge in [0, 0.05) is 11.8 Å². The Hall–Kier alpha value is -2.76. The van der Waals surface area contributed by atoms with Crippen molar-refractivity contribution >= 4 is 11.7 Å². The fourth-order valence-corrected chi connectivity index (χ4v) is 1.35. The second kappa shape index (κ2) is 5.72. The van der Waals surface area contributed by atoms with Crippen LogP contribution in [0.15, 0.2) is 58.9 Å². The number of amidine groups is 2. The molecule has 0 saturated carbocycles. The maximum Gasteiger partial charge on any atom is 0.172 e. The summed E-state index contributed by atoms with van der Waals surface area (Å²) in [6, 6.07) is 10.9. The minimum Gasteiger partial charge on any atom is -0.382 e. The summed E-state index contributed by atoms with van der Waals surface area (Å²) in [6.07, 6.45) is 1.60. The maximum absolute atomic E-state index is 12.7. The van der Waals surface area contributed by atoms with Gasteiger partial charge in [-0.25, -0.2) is 4.39 Å². The molecule has 0 spiro atoms. The highest BCUT2D eigenvalue weighted by Crippen LogP contribution is 2.02. The molecule has 0 atom stereocenters. The molecule has 5 nitrogen and oxygen atoms in total. The molecule has 1 heterocycles. The monoisotopic (exact) mass is 257 g/mol. The van der Waals surface area contributed by atoms with Crippen LogP contribution in [0.3, 0.4) is 0 Å². The molecule has 1 aromatic heterocycles. The normalized spacial score (nSPS) is 12.5. The first kappa shape index (κ1) is 12.7. The van der Waals surface area contributed by atoms with E-state index >= 15 is 0 Å². The maximum atomic E-state index is 12.7. The van der Waals surface area contributed by atoms with Crippen LogP contribution in [0.5, 0.6) is 0 Å². The van der Waals surface area contributed by atoms with Crippen molar-refractivity contribution < 1.29 is 4.39 Å². The van der Waals surface area contributed by atoms with Crippen molar-refractivity contribution in [2.45, 2.75) is 0 Å². The van der Waals surface area contributed by atoms with E-state index in [1.807, 2.05) is 0 Å². The molecule has 0 aliphatic carbocycles. The molecule has 0 radical (unpaired) electrons. The Morgan fingerprint density at radius 2 is 1.63 bits per heavy atom. The molecule has 0 fully saturated rings. The van der Waals surface area contributed by atoms with E-state index in [0.717, 1.165) is 0 Å². The van der Waals surface area contributed by atoms with Crippen LogP contribution in [0.25, 0.3) is 0 Å². The van der Waals surface area contributed by atoms with Crippen LogP contribution < -0.4 is 11.5 Å². The third kappa shape index (κ3) is 3.35. The Morgan fingerprint density at radius 3 is 2.26 bits per heavy atom. The highest BCUT2D eigenvalue weighted by Gasteiger charge is 2.00. The molecule has 6 heteroatoms. The van der Waals surface area contributed by atoms with Crippen molar-refractivity contribution in [1.29, 1.82) is 0 Å². The number of rotatable bonds is 3. The minimum atomic E-state index is -0.340. The van der Waals surface area contributed by atoms with Gasteiger partial charge in [0.25, 0.3) is 0 Å². The quantitative estimate of drug-likeness (QED) is 0.492. The first-order valence-electron chi connectivity index (χ1n) is 5.51. The largest absolute Gasteiger partial charge is 0.382 e. The first-order valence-corrected chi connectivity index (χ1v) is 5.51. The van der Waals surface area contributed by atoms with Crippen LogP contribution in [0.4, 0.5) is 4.39 Å². The molecule has 0 amide bonds. The Kier molecular flexibility index (Phi) is 3.82. The number of benzene rings is 1. The number of hydrogen-bond acceptors (Lipinski definition) is 3. The molecular formula is C13H12FN5. The van der Waals surface area contributed by atoms with Crippen molar-refractivity contribution in [2.24, 2.45) is 21.7 Å². The summed E-state index contributed by atoms with van der Waals surface area (Å²) in [5.74, 6) is -0.0300. The van der Waals surface area contributed by atoms with Gasteiger partial charge in [-0.2, -0.15) is 0 Å². The number of pyridine rings is 1. The van der Waals surface area contributed by atoms with Crippen LogP contribution >= 0.6 is 0 Å². The van der Waals surface area contributed by atoms with Crippen molar-refractivity contribution in [2.75, 3.05) is 0 Å². The summed E-state index contributed by atoms with van der Waals surface area (Å²) < 4.78 is 12.7. The Labute approximate surface area is 109 Å². The average Bonchev–Trinajstić information content (AvgIpc) is 2.46.